The van der Waals surface area contributed by atoms with E-state index in [4.69, 9.17) is 17.0 Å². The molecule has 0 spiro atoms. The number of anilines is 1. The predicted molar refractivity (Wildman–Crippen MR) is 141 cm³/mol. The smallest absolute Gasteiger partial charge is 0.265 e. The van der Waals surface area contributed by atoms with Crippen LogP contribution in [-0.4, -0.2) is 22.7 Å². The Balaban J connectivity index is 1.36. The van der Waals surface area contributed by atoms with Crippen molar-refractivity contribution in [1.82, 2.24) is 5.32 Å². The van der Waals surface area contributed by atoms with E-state index < -0.39 is 0 Å². The fraction of sp³-hybridized carbons (Fsp3) is 0.0741. The van der Waals surface area contributed by atoms with E-state index in [0.29, 0.717) is 27.2 Å². The Morgan fingerprint density at radius 3 is 2.35 bits per heavy atom. The fourth-order valence-electron chi connectivity index (χ4n) is 3.73. The van der Waals surface area contributed by atoms with Crippen molar-refractivity contribution in [2.45, 2.75) is 6.54 Å². The average Bonchev–Trinajstić information content (AvgIpc) is 3.17. The third-order valence-electron chi connectivity index (χ3n) is 5.45. The van der Waals surface area contributed by atoms with Crippen molar-refractivity contribution in [1.29, 1.82) is 0 Å². The summed E-state index contributed by atoms with van der Waals surface area (Å²) >= 11 is 6.29. The molecule has 1 saturated heterocycles. The van der Waals surface area contributed by atoms with E-state index in [2.05, 4.69) is 29.6 Å². The average molecular weight is 485 g/mol. The minimum absolute atomic E-state index is 0.00212. The normalized spacial score (nSPS) is 16.6. The second-order valence-corrected chi connectivity index (χ2v) is 9.55. The zero-order chi connectivity index (χ0) is 23.5. The second kappa shape index (κ2) is 9.67. The lowest BCUT2D eigenvalue weighted by Gasteiger charge is -2.29. The van der Waals surface area contributed by atoms with Gasteiger partial charge in [-0.3, -0.25) is 9.59 Å². The van der Waals surface area contributed by atoms with Gasteiger partial charge in [-0.05, 0) is 40.5 Å². The molecule has 2 amide bonds. The summed E-state index contributed by atoms with van der Waals surface area (Å²) in [5.74, 6) is 0.320. The fourth-order valence-corrected chi connectivity index (χ4v) is 4.77. The number of nitrogens with one attached hydrogen (secondary N) is 1. The van der Waals surface area contributed by atoms with Crippen LogP contribution in [0, 0.1) is 0 Å². The van der Waals surface area contributed by atoms with Crippen molar-refractivity contribution >= 4 is 64.0 Å². The van der Waals surface area contributed by atoms with E-state index in [9.17, 15) is 9.59 Å². The summed E-state index contributed by atoms with van der Waals surface area (Å²) in [4.78, 5) is 27.0. The molecule has 168 valence electrons. The van der Waals surface area contributed by atoms with Crippen molar-refractivity contribution in [2.24, 2.45) is 0 Å². The van der Waals surface area contributed by atoms with E-state index in [1.165, 1.54) is 11.8 Å². The predicted octanol–water partition coefficient (Wildman–Crippen LogP) is 5.27. The monoisotopic (exact) mass is 484 g/mol. The molecular formula is C27H20N2O3S2. The summed E-state index contributed by atoms with van der Waals surface area (Å²) in [6.07, 6.45) is 5.91. The van der Waals surface area contributed by atoms with Crippen LogP contribution in [0.25, 0.3) is 18.2 Å². The van der Waals surface area contributed by atoms with Gasteiger partial charge >= 0.3 is 0 Å². The Bertz CT molecular complexity index is 1330. The van der Waals surface area contributed by atoms with Crippen LogP contribution in [0.1, 0.15) is 22.3 Å². The molecule has 0 saturated carbocycles. The molecule has 0 unspecified atom stereocenters. The summed E-state index contributed by atoms with van der Waals surface area (Å²) in [5.41, 5.74) is 4.72. The molecule has 2 heterocycles. The number of benzene rings is 3. The topological polar surface area (TPSA) is 58.6 Å². The Hall–Kier alpha value is -3.68. The first-order valence-corrected chi connectivity index (χ1v) is 11.9. The highest BCUT2D eigenvalue weighted by Gasteiger charge is 2.27. The SMILES string of the molecule is O=C1NC(=S)SC1=Cc1ccc2c(c1)N(Cc1ccc(C=Cc3ccccc3)cc1)C(=O)CO2. The third kappa shape index (κ3) is 4.95. The molecule has 3 aromatic rings. The summed E-state index contributed by atoms with van der Waals surface area (Å²) in [6.45, 7) is 0.426. The molecule has 0 radical (unpaired) electrons. The number of thioether (sulfide) groups is 1. The van der Waals surface area contributed by atoms with Crippen LogP contribution in [0.2, 0.25) is 0 Å². The Morgan fingerprint density at radius 2 is 1.65 bits per heavy atom. The highest BCUT2D eigenvalue weighted by atomic mass is 32.2. The van der Waals surface area contributed by atoms with Gasteiger partial charge in [-0.1, -0.05) is 96.8 Å². The number of hydrogen-bond acceptors (Lipinski definition) is 5. The maximum Gasteiger partial charge on any atom is 0.265 e. The Labute approximate surface area is 207 Å². The van der Waals surface area contributed by atoms with E-state index >= 15 is 0 Å². The van der Waals surface area contributed by atoms with E-state index in [0.717, 1.165) is 22.3 Å². The molecule has 5 rings (SSSR count). The minimum Gasteiger partial charge on any atom is -0.482 e. The van der Waals surface area contributed by atoms with Gasteiger partial charge in [0.15, 0.2) is 6.61 Å². The first-order chi connectivity index (χ1) is 16.5. The van der Waals surface area contributed by atoms with Crippen LogP contribution in [0.3, 0.4) is 0 Å². The van der Waals surface area contributed by atoms with Crippen LogP contribution in [-0.2, 0) is 16.1 Å². The van der Waals surface area contributed by atoms with Gasteiger partial charge in [-0.25, -0.2) is 0 Å². The maximum atomic E-state index is 12.7. The van der Waals surface area contributed by atoms with Crippen LogP contribution >= 0.6 is 24.0 Å². The first-order valence-electron chi connectivity index (χ1n) is 10.7. The number of nitrogens with zero attached hydrogens (tertiary/aromatic N) is 1. The lowest BCUT2D eigenvalue weighted by Crippen LogP contribution is -2.38. The molecule has 7 heteroatoms. The number of amides is 2. The molecule has 3 aromatic carbocycles. The van der Waals surface area contributed by atoms with Gasteiger partial charge < -0.3 is 15.0 Å². The molecule has 5 nitrogen and oxygen atoms in total. The quantitative estimate of drug-likeness (QED) is 0.304. The molecule has 0 bridgehead atoms. The number of carbonyl (C=O) groups excluding carboxylic acids is 2. The Kier molecular flexibility index (Phi) is 6.29. The number of rotatable bonds is 5. The van der Waals surface area contributed by atoms with Crippen molar-refractivity contribution < 1.29 is 14.3 Å². The molecule has 0 aliphatic carbocycles. The summed E-state index contributed by atoms with van der Waals surface area (Å²) in [6, 6.07) is 23.8. The molecule has 0 atom stereocenters. The first kappa shape index (κ1) is 22.1. The number of ether oxygens (including phenoxy) is 1. The number of thiocarbonyl (C=S) groups is 1. The van der Waals surface area contributed by atoms with Gasteiger partial charge in [0.1, 0.15) is 10.1 Å². The number of fused-ring (bicyclic) bond motifs is 1. The van der Waals surface area contributed by atoms with Crippen molar-refractivity contribution in [3.05, 3.63) is 100.0 Å². The molecular weight excluding hydrogens is 464 g/mol. The maximum absolute atomic E-state index is 12.7. The van der Waals surface area contributed by atoms with E-state index in [-0.39, 0.29) is 18.4 Å². The van der Waals surface area contributed by atoms with Crippen LogP contribution < -0.4 is 15.0 Å². The molecule has 1 fully saturated rings. The summed E-state index contributed by atoms with van der Waals surface area (Å²) in [7, 11) is 0. The molecule has 2 aliphatic heterocycles. The highest BCUT2D eigenvalue weighted by molar-refractivity contribution is 8.26. The Morgan fingerprint density at radius 1 is 0.941 bits per heavy atom. The zero-order valence-electron chi connectivity index (χ0n) is 18.1. The lowest BCUT2D eigenvalue weighted by molar-refractivity contribution is -0.121. The second-order valence-electron chi connectivity index (χ2n) is 7.83. The largest absolute Gasteiger partial charge is 0.482 e. The van der Waals surface area contributed by atoms with Crippen LogP contribution in [0.5, 0.6) is 5.75 Å². The summed E-state index contributed by atoms with van der Waals surface area (Å²) in [5, 5.41) is 2.61. The third-order valence-corrected chi connectivity index (χ3v) is 6.62. The standard InChI is InChI=1S/C27H20N2O3S2/c30-25-17-32-23-13-12-21(15-24-26(31)28-27(33)34-24)14-22(23)29(25)16-20-10-8-19(9-11-20)7-6-18-4-2-1-3-5-18/h1-15H,16-17H2,(H,28,31,33). The number of carbonyl (C=O) groups is 2. The highest BCUT2D eigenvalue weighted by Crippen LogP contribution is 2.35. The van der Waals surface area contributed by atoms with Crippen molar-refractivity contribution in [3.63, 3.8) is 0 Å². The minimum atomic E-state index is -0.210. The van der Waals surface area contributed by atoms with Gasteiger partial charge in [-0.15, -0.1) is 0 Å². The van der Waals surface area contributed by atoms with E-state index in [1.807, 2.05) is 60.7 Å². The zero-order valence-corrected chi connectivity index (χ0v) is 19.7. The summed E-state index contributed by atoms with van der Waals surface area (Å²) < 4.78 is 6.07. The van der Waals surface area contributed by atoms with Crippen LogP contribution in [0.15, 0.2) is 77.7 Å². The van der Waals surface area contributed by atoms with Gasteiger partial charge in [0.25, 0.3) is 11.8 Å². The lowest BCUT2D eigenvalue weighted by atomic mass is 10.1. The number of hydrogen-bond donors (Lipinski definition) is 1. The van der Waals surface area contributed by atoms with Crippen molar-refractivity contribution in [3.8, 4) is 5.75 Å². The van der Waals surface area contributed by atoms with Crippen molar-refractivity contribution in [2.75, 3.05) is 11.5 Å². The van der Waals surface area contributed by atoms with Crippen LogP contribution in [0.4, 0.5) is 5.69 Å². The van der Waals surface area contributed by atoms with Gasteiger partial charge in [0.2, 0.25) is 0 Å². The van der Waals surface area contributed by atoms with Gasteiger partial charge in [0, 0.05) is 0 Å². The molecule has 1 N–H and O–H groups in total. The molecule has 0 aromatic heterocycles. The van der Waals surface area contributed by atoms with E-state index in [1.54, 1.807) is 11.0 Å². The molecule has 2 aliphatic rings. The molecule has 34 heavy (non-hydrogen) atoms. The van der Waals surface area contributed by atoms with Gasteiger partial charge in [-0.2, -0.15) is 0 Å². The van der Waals surface area contributed by atoms with Gasteiger partial charge in [0.05, 0.1) is 17.1 Å².